The van der Waals surface area contributed by atoms with Gasteiger partial charge in [0.05, 0.1) is 16.5 Å². The molecule has 4 nitrogen and oxygen atoms in total. The van der Waals surface area contributed by atoms with E-state index in [9.17, 15) is 8.42 Å². The first kappa shape index (κ1) is 16.2. The second kappa shape index (κ2) is 6.44. The predicted molar refractivity (Wildman–Crippen MR) is 93.8 cm³/mol. The van der Waals surface area contributed by atoms with Gasteiger partial charge in [-0.2, -0.15) is 5.26 Å². The van der Waals surface area contributed by atoms with Gasteiger partial charge in [0.15, 0.2) is 0 Å². The van der Waals surface area contributed by atoms with Gasteiger partial charge in [0.2, 0.25) is 10.0 Å². The zero-order chi connectivity index (χ0) is 17.2. The van der Waals surface area contributed by atoms with Gasteiger partial charge in [0.25, 0.3) is 0 Å². The van der Waals surface area contributed by atoms with Crippen molar-refractivity contribution in [2.45, 2.75) is 17.9 Å². The van der Waals surface area contributed by atoms with Gasteiger partial charge in [-0.05, 0) is 47.5 Å². The molecule has 0 saturated heterocycles. The number of nitrogens with one attached hydrogen (secondary N) is 1. The molecule has 0 bridgehead atoms. The van der Waals surface area contributed by atoms with Crippen LogP contribution in [-0.4, -0.2) is 8.42 Å². The molecule has 0 aliphatic heterocycles. The van der Waals surface area contributed by atoms with Gasteiger partial charge in [0.1, 0.15) is 0 Å². The number of nitriles is 1. The van der Waals surface area contributed by atoms with E-state index in [2.05, 4.69) is 4.72 Å². The van der Waals surface area contributed by atoms with Crippen molar-refractivity contribution in [3.63, 3.8) is 0 Å². The highest BCUT2D eigenvalue weighted by molar-refractivity contribution is 7.89. The van der Waals surface area contributed by atoms with Crippen LogP contribution >= 0.6 is 0 Å². The highest BCUT2D eigenvalue weighted by atomic mass is 32.2. The molecule has 0 fully saturated rings. The van der Waals surface area contributed by atoms with E-state index < -0.39 is 10.0 Å². The lowest BCUT2D eigenvalue weighted by atomic mass is 10.0. The van der Waals surface area contributed by atoms with Crippen molar-refractivity contribution in [2.75, 3.05) is 0 Å². The maximum absolute atomic E-state index is 12.6. The third-order valence-corrected chi connectivity index (χ3v) is 5.47. The van der Waals surface area contributed by atoms with Crippen molar-refractivity contribution in [1.82, 2.24) is 4.72 Å². The summed E-state index contributed by atoms with van der Waals surface area (Å²) in [7, 11) is -3.66. The molecule has 120 valence electrons. The normalized spacial score (nSPS) is 12.7. The molecule has 3 aromatic carbocycles. The van der Waals surface area contributed by atoms with Gasteiger partial charge in [-0.1, -0.05) is 42.5 Å². The summed E-state index contributed by atoms with van der Waals surface area (Å²) in [4.78, 5) is 0.147. The van der Waals surface area contributed by atoms with Crippen molar-refractivity contribution in [2.24, 2.45) is 0 Å². The van der Waals surface area contributed by atoms with Crippen LogP contribution in [0.4, 0.5) is 0 Å². The van der Waals surface area contributed by atoms with Crippen molar-refractivity contribution in [1.29, 1.82) is 5.26 Å². The molecule has 24 heavy (non-hydrogen) atoms. The van der Waals surface area contributed by atoms with E-state index in [-0.39, 0.29) is 10.9 Å². The minimum atomic E-state index is -3.66. The molecule has 0 radical (unpaired) electrons. The molecular formula is C19H16N2O2S. The van der Waals surface area contributed by atoms with E-state index in [0.717, 1.165) is 16.3 Å². The molecule has 5 heteroatoms. The van der Waals surface area contributed by atoms with Crippen LogP contribution in [0.1, 0.15) is 24.1 Å². The second-order valence-corrected chi connectivity index (χ2v) is 7.26. The molecule has 0 aromatic heterocycles. The van der Waals surface area contributed by atoms with Crippen LogP contribution in [0.2, 0.25) is 0 Å². The largest absolute Gasteiger partial charge is 0.241 e. The monoisotopic (exact) mass is 336 g/mol. The average molecular weight is 336 g/mol. The minimum Gasteiger partial charge on any atom is -0.207 e. The lowest BCUT2D eigenvalue weighted by molar-refractivity contribution is 0.567. The van der Waals surface area contributed by atoms with Gasteiger partial charge in [0, 0.05) is 6.04 Å². The lowest BCUT2D eigenvalue weighted by Crippen LogP contribution is -2.27. The van der Waals surface area contributed by atoms with Crippen molar-refractivity contribution < 1.29 is 8.42 Å². The molecular weight excluding hydrogens is 320 g/mol. The summed E-state index contributed by atoms with van der Waals surface area (Å²) in [5.41, 5.74) is 1.35. The Balaban J connectivity index is 1.92. The van der Waals surface area contributed by atoms with Crippen LogP contribution in [0.5, 0.6) is 0 Å². The van der Waals surface area contributed by atoms with E-state index in [1.54, 1.807) is 0 Å². The number of nitrogens with zero attached hydrogens (tertiary/aromatic N) is 1. The summed E-state index contributed by atoms with van der Waals surface area (Å²) in [5, 5.41) is 10.9. The molecule has 0 spiro atoms. The Hall–Kier alpha value is -2.68. The van der Waals surface area contributed by atoms with Gasteiger partial charge in [-0.15, -0.1) is 0 Å². The standard InChI is InChI=1S/C19H16N2O2S/c1-14(18-8-4-6-16-5-2-3-7-19(16)18)21-24(22,23)17-11-9-15(13-20)10-12-17/h2-12,14,21H,1H3/t14-/m0/s1. The zero-order valence-corrected chi connectivity index (χ0v) is 13.9. The van der Waals surface area contributed by atoms with E-state index in [0.29, 0.717) is 5.56 Å². The van der Waals surface area contributed by atoms with Crippen LogP contribution < -0.4 is 4.72 Å². The summed E-state index contributed by atoms with van der Waals surface area (Å²) in [5.74, 6) is 0. The highest BCUT2D eigenvalue weighted by Gasteiger charge is 2.19. The first-order valence-corrected chi connectivity index (χ1v) is 9.00. The Labute approximate surface area is 141 Å². The number of rotatable bonds is 4. The smallest absolute Gasteiger partial charge is 0.207 e. The number of hydrogen-bond acceptors (Lipinski definition) is 3. The van der Waals surface area contributed by atoms with Crippen LogP contribution in [0.25, 0.3) is 10.8 Å². The third-order valence-electron chi connectivity index (χ3n) is 3.92. The number of fused-ring (bicyclic) bond motifs is 1. The topological polar surface area (TPSA) is 70.0 Å². The molecule has 0 heterocycles. The predicted octanol–water partition coefficient (Wildman–Crippen LogP) is 3.75. The van der Waals surface area contributed by atoms with Crippen LogP contribution in [0.3, 0.4) is 0 Å². The van der Waals surface area contributed by atoms with E-state index >= 15 is 0 Å². The van der Waals surface area contributed by atoms with Crippen molar-refractivity contribution in [3.8, 4) is 6.07 Å². The highest BCUT2D eigenvalue weighted by Crippen LogP contribution is 2.25. The van der Waals surface area contributed by atoms with Gasteiger partial charge < -0.3 is 0 Å². The lowest BCUT2D eigenvalue weighted by Gasteiger charge is -2.17. The van der Waals surface area contributed by atoms with E-state index in [4.69, 9.17) is 5.26 Å². The SMILES string of the molecule is C[C@H](NS(=O)(=O)c1ccc(C#N)cc1)c1cccc2ccccc12. The van der Waals surface area contributed by atoms with E-state index in [1.165, 1.54) is 24.3 Å². The van der Waals surface area contributed by atoms with Crippen molar-refractivity contribution >= 4 is 20.8 Å². The maximum Gasteiger partial charge on any atom is 0.241 e. The maximum atomic E-state index is 12.6. The summed E-state index contributed by atoms with van der Waals surface area (Å²) in [6, 6.07) is 21.2. The Morgan fingerprint density at radius 3 is 2.33 bits per heavy atom. The second-order valence-electron chi connectivity index (χ2n) is 5.55. The third kappa shape index (κ3) is 3.16. The summed E-state index contributed by atoms with van der Waals surface area (Å²) in [6.45, 7) is 1.82. The van der Waals surface area contributed by atoms with Crippen LogP contribution in [0, 0.1) is 11.3 Å². The quantitative estimate of drug-likeness (QED) is 0.789. The van der Waals surface area contributed by atoms with Crippen LogP contribution in [-0.2, 0) is 10.0 Å². The minimum absolute atomic E-state index is 0.147. The summed E-state index contributed by atoms with van der Waals surface area (Å²) < 4.78 is 27.8. The molecule has 1 atom stereocenters. The zero-order valence-electron chi connectivity index (χ0n) is 13.1. The molecule has 1 N–H and O–H groups in total. The molecule has 3 rings (SSSR count). The van der Waals surface area contributed by atoms with Crippen LogP contribution in [0.15, 0.2) is 71.6 Å². The fourth-order valence-corrected chi connectivity index (χ4v) is 3.92. The molecule has 0 aliphatic rings. The number of benzene rings is 3. The molecule has 0 amide bonds. The van der Waals surface area contributed by atoms with Gasteiger partial charge >= 0.3 is 0 Å². The van der Waals surface area contributed by atoms with Gasteiger partial charge in [-0.25, -0.2) is 13.1 Å². The molecule has 3 aromatic rings. The van der Waals surface area contributed by atoms with Gasteiger partial charge in [-0.3, -0.25) is 0 Å². The Bertz CT molecular complexity index is 1010. The first-order valence-electron chi connectivity index (χ1n) is 7.51. The number of hydrogen-bond donors (Lipinski definition) is 1. The first-order chi connectivity index (χ1) is 11.5. The molecule has 0 aliphatic carbocycles. The fourth-order valence-electron chi connectivity index (χ4n) is 2.70. The Morgan fingerprint density at radius 2 is 1.62 bits per heavy atom. The Morgan fingerprint density at radius 1 is 0.958 bits per heavy atom. The van der Waals surface area contributed by atoms with Crippen molar-refractivity contribution in [3.05, 3.63) is 77.9 Å². The molecule has 0 saturated carbocycles. The Kier molecular flexibility index (Phi) is 4.34. The number of sulfonamides is 1. The average Bonchev–Trinajstić information content (AvgIpc) is 2.61. The molecule has 0 unspecified atom stereocenters. The fraction of sp³-hybridized carbons (Fsp3) is 0.105. The van der Waals surface area contributed by atoms with E-state index in [1.807, 2.05) is 55.5 Å². The summed E-state index contributed by atoms with van der Waals surface area (Å²) >= 11 is 0. The summed E-state index contributed by atoms with van der Waals surface area (Å²) in [6.07, 6.45) is 0.